The van der Waals surface area contributed by atoms with Crippen molar-refractivity contribution in [3.8, 4) is 0 Å². The van der Waals surface area contributed by atoms with Gasteiger partial charge in [0.2, 0.25) is 0 Å². The third-order valence-electron chi connectivity index (χ3n) is 3.85. The Morgan fingerprint density at radius 2 is 1.79 bits per heavy atom. The third-order valence-corrected chi connectivity index (χ3v) is 3.85. The topological polar surface area (TPSA) is 23.6 Å². The number of carbonyl (C=O) groups is 1. The van der Waals surface area contributed by atoms with E-state index in [0.29, 0.717) is 0 Å². The summed E-state index contributed by atoms with van der Waals surface area (Å²) < 4.78 is 0. The molecule has 19 heavy (non-hydrogen) atoms. The van der Waals surface area contributed by atoms with Gasteiger partial charge < -0.3 is 9.80 Å². The minimum atomic E-state index is 0.122. The number of hydrogen-bond donors (Lipinski definition) is 0. The largest absolute Gasteiger partial charge is 0.340 e. The number of piperidine rings is 1. The van der Waals surface area contributed by atoms with Crippen molar-refractivity contribution in [1.82, 2.24) is 9.80 Å². The second kappa shape index (κ2) is 6.71. The first-order valence-corrected chi connectivity index (χ1v) is 7.21. The van der Waals surface area contributed by atoms with Gasteiger partial charge in [0.1, 0.15) is 0 Å². The van der Waals surface area contributed by atoms with E-state index in [9.17, 15) is 4.79 Å². The highest BCUT2D eigenvalue weighted by Gasteiger charge is 2.14. The minimum Gasteiger partial charge on any atom is -0.340 e. The summed E-state index contributed by atoms with van der Waals surface area (Å²) in [7, 11) is 1.89. The van der Waals surface area contributed by atoms with Crippen molar-refractivity contribution < 1.29 is 4.79 Å². The molecule has 0 N–H and O–H groups in total. The van der Waals surface area contributed by atoms with Crippen LogP contribution in [0.25, 0.3) is 0 Å². The fourth-order valence-corrected chi connectivity index (χ4v) is 2.49. The second-order valence-electron chi connectivity index (χ2n) is 5.50. The van der Waals surface area contributed by atoms with Crippen molar-refractivity contribution >= 4 is 5.91 Å². The van der Waals surface area contributed by atoms with Gasteiger partial charge in [0, 0.05) is 25.7 Å². The number of likely N-dealkylation sites (N-methyl/N-ethyl adjacent to an activating group) is 1. The van der Waals surface area contributed by atoms with Crippen LogP contribution in [0.15, 0.2) is 24.3 Å². The van der Waals surface area contributed by atoms with Gasteiger partial charge in [0.05, 0.1) is 0 Å². The smallest absolute Gasteiger partial charge is 0.253 e. The number of aryl methyl sites for hydroxylation is 1. The molecule has 0 saturated carbocycles. The van der Waals surface area contributed by atoms with E-state index in [1.165, 1.54) is 37.9 Å². The molecule has 3 nitrogen and oxygen atoms in total. The van der Waals surface area contributed by atoms with Crippen LogP contribution in [-0.2, 0) is 0 Å². The number of hydrogen-bond acceptors (Lipinski definition) is 2. The van der Waals surface area contributed by atoms with Gasteiger partial charge in [-0.1, -0.05) is 24.1 Å². The van der Waals surface area contributed by atoms with Crippen molar-refractivity contribution in [3.05, 3.63) is 35.4 Å². The summed E-state index contributed by atoms with van der Waals surface area (Å²) in [5.41, 5.74) is 1.97. The number of nitrogens with zero attached hydrogens (tertiary/aromatic N) is 2. The van der Waals surface area contributed by atoms with E-state index in [1.54, 1.807) is 0 Å². The highest BCUT2D eigenvalue weighted by molar-refractivity contribution is 5.94. The Labute approximate surface area is 116 Å². The first-order chi connectivity index (χ1) is 9.16. The lowest BCUT2D eigenvalue weighted by molar-refractivity contribution is 0.0773. The van der Waals surface area contributed by atoms with Gasteiger partial charge in [-0.2, -0.15) is 0 Å². The summed E-state index contributed by atoms with van der Waals surface area (Å²) in [5.74, 6) is 0.122. The summed E-state index contributed by atoms with van der Waals surface area (Å²) in [6, 6.07) is 7.81. The van der Waals surface area contributed by atoms with Crippen LogP contribution in [0.1, 0.15) is 35.2 Å². The lowest BCUT2D eigenvalue weighted by Gasteiger charge is -2.28. The van der Waals surface area contributed by atoms with Crippen LogP contribution in [-0.4, -0.2) is 48.9 Å². The Kier molecular flexibility index (Phi) is 4.97. The van der Waals surface area contributed by atoms with Gasteiger partial charge in [-0.15, -0.1) is 0 Å². The number of amides is 1. The molecule has 1 aromatic carbocycles. The first kappa shape index (κ1) is 14.1. The van der Waals surface area contributed by atoms with E-state index in [-0.39, 0.29) is 5.91 Å². The van der Waals surface area contributed by atoms with E-state index < -0.39 is 0 Å². The number of carbonyl (C=O) groups excluding carboxylic acids is 1. The van der Waals surface area contributed by atoms with Crippen molar-refractivity contribution in [2.24, 2.45) is 0 Å². The maximum atomic E-state index is 12.2. The molecule has 0 spiro atoms. The molecule has 0 aromatic heterocycles. The molecule has 3 heteroatoms. The Morgan fingerprint density at radius 1 is 1.16 bits per heavy atom. The molecule has 1 aromatic rings. The van der Waals surface area contributed by atoms with Gasteiger partial charge in [-0.3, -0.25) is 4.79 Å². The summed E-state index contributed by atoms with van der Waals surface area (Å²) in [6.07, 6.45) is 3.96. The molecule has 0 atom stereocenters. The monoisotopic (exact) mass is 260 g/mol. The molecule has 1 aliphatic heterocycles. The molecular weight excluding hydrogens is 236 g/mol. The third kappa shape index (κ3) is 4.06. The lowest BCUT2D eigenvalue weighted by Crippen LogP contribution is -2.38. The molecule has 1 saturated heterocycles. The summed E-state index contributed by atoms with van der Waals surface area (Å²) >= 11 is 0. The molecule has 0 bridgehead atoms. The van der Waals surface area contributed by atoms with E-state index in [1.807, 2.05) is 43.1 Å². The zero-order valence-electron chi connectivity index (χ0n) is 12.1. The van der Waals surface area contributed by atoms with Crippen LogP contribution < -0.4 is 0 Å². The highest BCUT2D eigenvalue weighted by atomic mass is 16.2. The summed E-state index contributed by atoms with van der Waals surface area (Å²) in [5, 5.41) is 0. The van der Waals surface area contributed by atoms with Gasteiger partial charge in [-0.05, 0) is 45.0 Å². The fourth-order valence-electron chi connectivity index (χ4n) is 2.49. The molecule has 1 amide bonds. The van der Waals surface area contributed by atoms with E-state index >= 15 is 0 Å². The SMILES string of the molecule is Cc1ccc(C(=O)N(C)CCN2CCCCC2)cc1. The molecule has 104 valence electrons. The molecule has 0 unspecified atom stereocenters. The Balaban J connectivity index is 1.83. The van der Waals surface area contributed by atoms with E-state index in [4.69, 9.17) is 0 Å². The fraction of sp³-hybridized carbons (Fsp3) is 0.562. The van der Waals surface area contributed by atoms with Crippen LogP contribution in [0.4, 0.5) is 0 Å². The molecule has 0 aliphatic carbocycles. The minimum absolute atomic E-state index is 0.122. The normalized spacial score (nSPS) is 16.3. The molecule has 1 aliphatic rings. The van der Waals surface area contributed by atoms with Crippen LogP contribution in [0.2, 0.25) is 0 Å². The Morgan fingerprint density at radius 3 is 2.42 bits per heavy atom. The molecule has 1 heterocycles. The van der Waals surface area contributed by atoms with E-state index in [2.05, 4.69) is 4.90 Å². The predicted molar refractivity (Wildman–Crippen MR) is 78.4 cm³/mol. The number of benzene rings is 1. The Hall–Kier alpha value is -1.35. The first-order valence-electron chi connectivity index (χ1n) is 7.21. The Bertz CT molecular complexity index is 407. The summed E-state index contributed by atoms with van der Waals surface area (Å²) in [6.45, 7) is 6.22. The van der Waals surface area contributed by atoms with Crippen molar-refractivity contribution in [2.45, 2.75) is 26.2 Å². The molecule has 1 fully saturated rings. The lowest BCUT2D eigenvalue weighted by atomic mass is 10.1. The zero-order chi connectivity index (χ0) is 13.7. The van der Waals surface area contributed by atoms with Crippen LogP contribution >= 0.6 is 0 Å². The molecular formula is C16H24N2O. The standard InChI is InChI=1S/C16H24N2O/c1-14-6-8-15(9-7-14)16(19)17(2)12-13-18-10-4-3-5-11-18/h6-9H,3-5,10-13H2,1-2H3. The van der Waals surface area contributed by atoms with Crippen LogP contribution in [0.5, 0.6) is 0 Å². The van der Waals surface area contributed by atoms with Crippen LogP contribution in [0.3, 0.4) is 0 Å². The van der Waals surface area contributed by atoms with Gasteiger partial charge in [-0.25, -0.2) is 0 Å². The van der Waals surface area contributed by atoms with Gasteiger partial charge in [0.25, 0.3) is 5.91 Å². The number of rotatable bonds is 4. The van der Waals surface area contributed by atoms with Gasteiger partial charge >= 0.3 is 0 Å². The number of likely N-dealkylation sites (tertiary alicyclic amines) is 1. The van der Waals surface area contributed by atoms with Crippen molar-refractivity contribution in [2.75, 3.05) is 33.2 Å². The van der Waals surface area contributed by atoms with Crippen molar-refractivity contribution in [3.63, 3.8) is 0 Å². The maximum absolute atomic E-state index is 12.2. The van der Waals surface area contributed by atoms with E-state index in [0.717, 1.165) is 18.7 Å². The maximum Gasteiger partial charge on any atom is 0.253 e. The quantitative estimate of drug-likeness (QED) is 0.830. The average Bonchev–Trinajstić information content (AvgIpc) is 2.46. The van der Waals surface area contributed by atoms with Gasteiger partial charge in [0.15, 0.2) is 0 Å². The van der Waals surface area contributed by atoms with Crippen LogP contribution in [0, 0.1) is 6.92 Å². The average molecular weight is 260 g/mol. The highest BCUT2D eigenvalue weighted by Crippen LogP contribution is 2.09. The van der Waals surface area contributed by atoms with Crippen molar-refractivity contribution in [1.29, 1.82) is 0 Å². The zero-order valence-corrected chi connectivity index (χ0v) is 12.1. The second-order valence-corrected chi connectivity index (χ2v) is 5.50. The summed E-state index contributed by atoms with van der Waals surface area (Å²) in [4.78, 5) is 16.5. The predicted octanol–water partition coefficient (Wildman–Crippen LogP) is 2.55. The molecule has 2 rings (SSSR count). The molecule has 0 radical (unpaired) electrons.